The zero-order valence-electron chi connectivity index (χ0n) is 15.0. The summed E-state index contributed by atoms with van der Waals surface area (Å²) in [5.41, 5.74) is 1.94. The number of methoxy groups -OCH3 is 1. The van der Waals surface area contributed by atoms with Crippen LogP contribution < -0.4 is 0 Å². The number of fused-ring (bicyclic) bond motifs is 2. The number of rotatable bonds is 4. The van der Waals surface area contributed by atoms with Gasteiger partial charge in [-0.15, -0.1) is 0 Å². The van der Waals surface area contributed by atoms with Crippen LogP contribution in [0.15, 0.2) is 30.5 Å². The molecular weight excluding hydrogens is 314 g/mol. The number of hydrogen-bond acceptors (Lipinski definition) is 3. The molecule has 5 heteroatoms. The maximum atomic E-state index is 13.2. The van der Waals surface area contributed by atoms with Gasteiger partial charge in [0.1, 0.15) is 0 Å². The molecule has 0 aliphatic carbocycles. The van der Waals surface area contributed by atoms with Crippen LogP contribution in [-0.2, 0) is 11.3 Å². The third-order valence-corrected chi connectivity index (χ3v) is 5.68. The molecular formula is C20H27N3O2. The van der Waals surface area contributed by atoms with Crippen LogP contribution >= 0.6 is 0 Å². The number of hydrogen-bond donors (Lipinski definition) is 0. The Balaban J connectivity index is 1.59. The molecule has 1 aromatic heterocycles. The van der Waals surface area contributed by atoms with Crippen molar-refractivity contribution in [3.63, 3.8) is 0 Å². The van der Waals surface area contributed by atoms with Crippen LogP contribution in [0.3, 0.4) is 0 Å². The lowest BCUT2D eigenvalue weighted by Crippen LogP contribution is -2.56. The average Bonchev–Trinajstić information content (AvgIpc) is 3.04. The Bertz CT molecular complexity index is 754. The van der Waals surface area contributed by atoms with E-state index in [1.165, 1.54) is 25.8 Å². The highest BCUT2D eigenvalue weighted by molar-refractivity contribution is 6.07. The first kappa shape index (κ1) is 16.6. The number of piperidine rings is 1. The van der Waals surface area contributed by atoms with E-state index in [9.17, 15) is 4.79 Å². The summed E-state index contributed by atoms with van der Waals surface area (Å²) in [6, 6.07) is 8.73. The molecule has 1 aromatic carbocycles. The first-order valence-electron chi connectivity index (χ1n) is 9.38. The Morgan fingerprint density at radius 3 is 2.96 bits per heavy atom. The molecule has 2 fully saturated rings. The average molecular weight is 341 g/mol. The molecule has 0 saturated carbocycles. The lowest BCUT2D eigenvalue weighted by molar-refractivity contribution is 0.0373. The molecule has 2 aliphatic rings. The van der Waals surface area contributed by atoms with Gasteiger partial charge in [-0.3, -0.25) is 9.69 Å². The number of para-hydroxylation sites is 1. The van der Waals surface area contributed by atoms with Crippen LogP contribution in [0.4, 0.5) is 0 Å². The predicted octanol–water partition coefficient (Wildman–Crippen LogP) is 2.60. The van der Waals surface area contributed by atoms with Gasteiger partial charge in [-0.25, -0.2) is 0 Å². The fourth-order valence-corrected chi connectivity index (χ4v) is 4.30. The molecule has 25 heavy (non-hydrogen) atoms. The number of benzene rings is 1. The summed E-state index contributed by atoms with van der Waals surface area (Å²) >= 11 is 0. The Morgan fingerprint density at radius 1 is 1.20 bits per heavy atom. The van der Waals surface area contributed by atoms with Crippen molar-refractivity contribution >= 4 is 16.8 Å². The smallest absolute Gasteiger partial charge is 0.256 e. The fraction of sp³-hybridized carbons (Fsp3) is 0.550. The Hall–Kier alpha value is -1.85. The minimum Gasteiger partial charge on any atom is -0.383 e. The van der Waals surface area contributed by atoms with E-state index in [1.54, 1.807) is 7.11 Å². The van der Waals surface area contributed by atoms with Crippen molar-refractivity contribution in [2.24, 2.45) is 0 Å². The van der Waals surface area contributed by atoms with Gasteiger partial charge >= 0.3 is 0 Å². The van der Waals surface area contributed by atoms with Crippen LogP contribution in [0, 0.1) is 0 Å². The van der Waals surface area contributed by atoms with Crippen LogP contribution in [0.1, 0.15) is 29.6 Å². The van der Waals surface area contributed by atoms with Crippen LogP contribution in [0.2, 0.25) is 0 Å². The minimum absolute atomic E-state index is 0.178. The third kappa shape index (κ3) is 3.18. The van der Waals surface area contributed by atoms with Crippen molar-refractivity contribution < 1.29 is 9.53 Å². The van der Waals surface area contributed by atoms with Crippen LogP contribution in [0.25, 0.3) is 10.9 Å². The Kier molecular flexibility index (Phi) is 4.77. The van der Waals surface area contributed by atoms with E-state index in [1.807, 2.05) is 18.3 Å². The molecule has 0 bridgehead atoms. The van der Waals surface area contributed by atoms with Gasteiger partial charge in [0.05, 0.1) is 12.2 Å². The molecule has 1 amide bonds. The summed E-state index contributed by atoms with van der Waals surface area (Å²) < 4.78 is 7.36. The molecule has 0 N–H and O–H groups in total. The number of carbonyl (C=O) groups is 1. The van der Waals surface area contributed by atoms with Crippen molar-refractivity contribution in [2.75, 3.05) is 39.9 Å². The number of amides is 1. The van der Waals surface area contributed by atoms with Gasteiger partial charge in [0, 0.05) is 56.4 Å². The zero-order chi connectivity index (χ0) is 17.2. The summed E-state index contributed by atoms with van der Waals surface area (Å²) in [5, 5.41) is 1.05. The van der Waals surface area contributed by atoms with E-state index in [2.05, 4.69) is 26.5 Å². The summed E-state index contributed by atoms with van der Waals surface area (Å²) in [6.07, 6.45) is 5.83. The van der Waals surface area contributed by atoms with Crippen molar-refractivity contribution in [3.8, 4) is 0 Å². The third-order valence-electron chi connectivity index (χ3n) is 5.68. The molecule has 2 aliphatic heterocycles. The van der Waals surface area contributed by atoms with E-state index >= 15 is 0 Å². The van der Waals surface area contributed by atoms with Crippen molar-refractivity contribution in [3.05, 3.63) is 36.0 Å². The molecule has 1 atom stereocenters. The second-order valence-electron chi connectivity index (χ2n) is 7.18. The molecule has 0 spiro atoms. The molecule has 4 rings (SSSR count). The largest absolute Gasteiger partial charge is 0.383 e. The van der Waals surface area contributed by atoms with E-state index in [0.717, 1.165) is 42.6 Å². The zero-order valence-corrected chi connectivity index (χ0v) is 15.0. The standard InChI is InChI=1S/C20H27N3O2/c1-25-13-12-22-15-18(17-7-2-3-8-19(17)22)20(24)23-11-10-21-9-5-4-6-16(21)14-23/h2-3,7-8,15-16H,4-6,9-14H2,1H3. The predicted molar refractivity (Wildman–Crippen MR) is 98.9 cm³/mol. The van der Waals surface area contributed by atoms with E-state index in [4.69, 9.17) is 4.74 Å². The van der Waals surface area contributed by atoms with Gasteiger partial charge in [-0.05, 0) is 25.5 Å². The van der Waals surface area contributed by atoms with Gasteiger partial charge in [0.2, 0.25) is 0 Å². The topological polar surface area (TPSA) is 37.7 Å². The molecule has 134 valence electrons. The monoisotopic (exact) mass is 341 g/mol. The summed E-state index contributed by atoms with van der Waals surface area (Å²) in [5.74, 6) is 0.178. The first-order valence-corrected chi connectivity index (χ1v) is 9.38. The Labute approximate surface area is 149 Å². The second kappa shape index (κ2) is 7.18. The quantitative estimate of drug-likeness (QED) is 0.858. The second-order valence-corrected chi connectivity index (χ2v) is 7.18. The lowest BCUT2D eigenvalue weighted by atomic mass is 9.99. The van der Waals surface area contributed by atoms with E-state index < -0.39 is 0 Å². The maximum Gasteiger partial charge on any atom is 0.256 e. The molecule has 1 unspecified atom stereocenters. The van der Waals surface area contributed by atoms with Crippen molar-refractivity contribution in [2.45, 2.75) is 31.8 Å². The van der Waals surface area contributed by atoms with Gasteiger partial charge in [-0.1, -0.05) is 24.6 Å². The molecule has 0 radical (unpaired) electrons. The molecule has 2 saturated heterocycles. The minimum atomic E-state index is 0.178. The highest BCUT2D eigenvalue weighted by Gasteiger charge is 2.32. The van der Waals surface area contributed by atoms with E-state index in [-0.39, 0.29) is 5.91 Å². The summed E-state index contributed by atoms with van der Waals surface area (Å²) in [7, 11) is 1.71. The van der Waals surface area contributed by atoms with Gasteiger partial charge in [-0.2, -0.15) is 0 Å². The number of aromatic nitrogens is 1. The number of piperazine rings is 1. The van der Waals surface area contributed by atoms with Crippen molar-refractivity contribution in [1.29, 1.82) is 0 Å². The van der Waals surface area contributed by atoms with Gasteiger partial charge in [0.25, 0.3) is 5.91 Å². The van der Waals surface area contributed by atoms with Gasteiger partial charge < -0.3 is 14.2 Å². The maximum absolute atomic E-state index is 13.2. The highest BCUT2D eigenvalue weighted by Crippen LogP contribution is 2.26. The molecule has 3 heterocycles. The number of ether oxygens (including phenoxy) is 1. The van der Waals surface area contributed by atoms with Crippen molar-refractivity contribution in [1.82, 2.24) is 14.4 Å². The van der Waals surface area contributed by atoms with Crippen LogP contribution in [0.5, 0.6) is 0 Å². The lowest BCUT2D eigenvalue weighted by Gasteiger charge is -2.44. The number of carbonyl (C=O) groups excluding carboxylic acids is 1. The Morgan fingerprint density at radius 2 is 2.08 bits per heavy atom. The SMILES string of the molecule is COCCn1cc(C(=O)N2CCN3CCCCC3C2)c2ccccc21. The molecule has 2 aromatic rings. The molecule has 5 nitrogen and oxygen atoms in total. The van der Waals surface area contributed by atoms with Crippen LogP contribution in [-0.4, -0.2) is 66.2 Å². The summed E-state index contributed by atoms with van der Waals surface area (Å²) in [4.78, 5) is 17.9. The number of nitrogens with zero attached hydrogens (tertiary/aromatic N) is 3. The summed E-state index contributed by atoms with van der Waals surface area (Å²) in [6.45, 7) is 5.33. The fourth-order valence-electron chi connectivity index (χ4n) is 4.30. The normalized spacial score (nSPS) is 21.5. The van der Waals surface area contributed by atoms with E-state index in [0.29, 0.717) is 12.6 Å². The highest BCUT2D eigenvalue weighted by atomic mass is 16.5. The van der Waals surface area contributed by atoms with Gasteiger partial charge in [0.15, 0.2) is 0 Å². The first-order chi connectivity index (χ1) is 12.3.